The third-order valence-corrected chi connectivity index (χ3v) is 7.36. The fraction of sp³-hybridized carbons (Fsp3) is 0.500. The van der Waals surface area contributed by atoms with Gasteiger partial charge in [-0.2, -0.15) is 0 Å². The zero-order valence-electron chi connectivity index (χ0n) is 24.7. The van der Waals surface area contributed by atoms with Crippen molar-refractivity contribution in [2.24, 2.45) is 0 Å². The summed E-state index contributed by atoms with van der Waals surface area (Å²) in [6.07, 6.45) is 0.919. The van der Waals surface area contributed by atoms with Gasteiger partial charge in [-0.1, -0.05) is 17.7 Å². The lowest BCUT2D eigenvalue weighted by molar-refractivity contribution is -0.676. The van der Waals surface area contributed by atoms with E-state index in [1.165, 1.54) is 0 Å². The van der Waals surface area contributed by atoms with Gasteiger partial charge in [0, 0.05) is 19.1 Å². The maximum Gasteiger partial charge on any atom is 0.410 e. The van der Waals surface area contributed by atoms with Crippen LogP contribution in [0.5, 0.6) is 0 Å². The molecule has 226 valence electrons. The molecule has 1 aromatic carbocycles. The first-order valence-corrected chi connectivity index (χ1v) is 14.4. The van der Waals surface area contributed by atoms with Crippen molar-refractivity contribution in [2.75, 3.05) is 24.6 Å². The van der Waals surface area contributed by atoms with Crippen molar-refractivity contribution < 1.29 is 23.7 Å². The number of aryl methyl sites for hydroxylation is 2. The lowest BCUT2D eigenvalue weighted by Gasteiger charge is -2.33. The number of anilines is 2. The second-order valence-electron chi connectivity index (χ2n) is 11.1. The minimum absolute atomic E-state index is 0.0555. The summed E-state index contributed by atoms with van der Waals surface area (Å²) in [6.45, 7) is 11.8. The molecule has 2 aromatic heterocycles. The van der Waals surface area contributed by atoms with Gasteiger partial charge in [0.05, 0.1) is 18.7 Å². The number of hydrogen-bond acceptors (Lipinski definition) is 8. The van der Waals surface area contributed by atoms with Crippen LogP contribution in [0.3, 0.4) is 0 Å². The van der Waals surface area contributed by atoms with E-state index in [4.69, 9.17) is 27.8 Å². The molecule has 1 aliphatic heterocycles. The van der Waals surface area contributed by atoms with Gasteiger partial charge in [0.1, 0.15) is 12.1 Å². The molecule has 0 unspecified atom stereocenters. The first kappa shape index (κ1) is 30.8. The van der Waals surface area contributed by atoms with E-state index < -0.39 is 11.5 Å². The number of amides is 3. The topological polar surface area (TPSA) is 174 Å². The Morgan fingerprint density at radius 1 is 1.10 bits per heavy atom. The number of piperidine rings is 1. The number of nitrogens with zero attached hydrogens (tertiary/aromatic N) is 5. The predicted molar refractivity (Wildman–Crippen MR) is 159 cm³/mol. The summed E-state index contributed by atoms with van der Waals surface area (Å²) in [5.41, 5.74) is 13.0. The van der Waals surface area contributed by atoms with Crippen LogP contribution in [0.1, 0.15) is 74.1 Å². The van der Waals surface area contributed by atoms with E-state index in [9.17, 15) is 14.4 Å². The van der Waals surface area contributed by atoms with Crippen LogP contribution >= 0.6 is 11.6 Å². The van der Waals surface area contributed by atoms with Gasteiger partial charge >= 0.3 is 6.09 Å². The summed E-state index contributed by atoms with van der Waals surface area (Å²) >= 11 is 5.95. The predicted octanol–water partition coefficient (Wildman–Crippen LogP) is 2.64. The fourth-order valence-corrected chi connectivity index (χ4v) is 5.29. The SMILES string of the molecule is CCn1c(CNC(=O)c2nc(Cl)c(N)nc2N)[n+](CC)c2c(C(=O)NC3CCN(C(=O)OC(C)(C)C)CC3)cccc21. The number of likely N-dealkylation sites (tertiary alicyclic amines) is 1. The Labute approximate surface area is 249 Å². The number of aromatic nitrogens is 4. The molecule has 3 amide bonds. The number of carbonyl (C=O) groups excluding carboxylic acids is 3. The van der Waals surface area contributed by atoms with Crippen LogP contribution in [0.25, 0.3) is 11.0 Å². The largest absolute Gasteiger partial charge is 0.444 e. The highest BCUT2D eigenvalue weighted by Crippen LogP contribution is 2.22. The number of carbonyl (C=O) groups is 3. The molecule has 4 rings (SSSR count). The summed E-state index contributed by atoms with van der Waals surface area (Å²) < 4.78 is 9.55. The molecular weight excluding hydrogens is 562 g/mol. The Balaban J connectivity index is 1.53. The highest BCUT2D eigenvalue weighted by molar-refractivity contribution is 6.31. The molecule has 0 bridgehead atoms. The normalized spacial score (nSPS) is 14.2. The molecule has 1 aliphatic rings. The van der Waals surface area contributed by atoms with Crippen LogP contribution in [0.4, 0.5) is 16.4 Å². The minimum Gasteiger partial charge on any atom is -0.444 e. The zero-order chi connectivity index (χ0) is 30.8. The third-order valence-electron chi connectivity index (χ3n) is 7.08. The molecule has 0 radical (unpaired) electrons. The van der Waals surface area contributed by atoms with Crippen LogP contribution in [0.2, 0.25) is 5.15 Å². The molecule has 42 heavy (non-hydrogen) atoms. The number of fused-ring (bicyclic) bond motifs is 1. The summed E-state index contributed by atoms with van der Waals surface area (Å²) in [5, 5.41) is 5.90. The lowest BCUT2D eigenvalue weighted by Crippen LogP contribution is -2.48. The number of rotatable bonds is 7. The Bertz CT molecular complexity index is 1510. The highest BCUT2D eigenvalue weighted by Gasteiger charge is 2.31. The molecule has 0 saturated carbocycles. The van der Waals surface area contributed by atoms with Gasteiger partial charge in [0.2, 0.25) is 0 Å². The molecule has 0 aliphatic carbocycles. The van der Waals surface area contributed by atoms with Crippen molar-refractivity contribution in [1.82, 2.24) is 30.1 Å². The van der Waals surface area contributed by atoms with E-state index in [2.05, 4.69) is 25.2 Å². The number of para-hydroxylation sites is 1. The van der Waals surface area contributed by atoms with Gasteiger partial charge < -0.3 is 31.7 Å². The van der Waals surface area contributed by atoms with Gasteiger partial charge in [-0.15, -0.1) is 0 Å². The van der Waals surface area contributed by atoms with Crippen molar-refractivity contribution >= 4 is 52.2 Å². The minimum atomic E-state index is -0.558. The number of nitrogens with one attached hydrogen (secondary N) is 2. The summed E-state index contributed by atoms with van der Waals surface area (Å²) in [5.74, 6) is -0.123. The molecule has 14 heteroatoms. The average Bonchev–Trinajstić information content (AvgIpc) is 3.25. The van der Waals surface area contributed by atoms with Gasteiger partial charge in [-0.3, -0.25) is 9.59 Å². The van der Waals surface area contributed by atoms with E-state index >= 15 is 0 Å². The van der Waals surface area contributed by atoms with Crippen molar-refractivity contribution in [3.63, 3.8) is 0 Å². The number of imidazole rings is 1. The van der Waals surface area contributed by atoms with E-state index in [-0.39, 0.29) is 47.1 Å². The summed E-state index contributed by atoms with van der Waals surface area (Å²) in [4.78, 5) is 48.5. The highest BCUT2D eigenvalue weighted by atomic mass is 35.5. The molecule has 3 aromatic rings. The standard InChI is InChI=1S/C28H38ClN9O4/c1-6-37-18-10-8-9-17(25(39)33-16-11-13-36(14-12-16)27(41)42-28(3,4)5)21(18)38(7-2)19(37)15-32-26(40)20-23(30)35-24(31)22(29)34-20/h8-10,16H,6-7,11-15H2,1-5H3,(H5-,30,31,32,33,35,39,40)/p+1. The number of hydrogen-bond donors (Lipinski definition) is 4. The van der Waals surface area contributed by atoms with Crippen LogP contribution in [-0.2, 0) is 24.4 Å². The first-order chi connectivity index (χ1) is 19.8. The van der Waals surface area contributed by atoms with E-state index in [0.717, 1.165) is 16.9 Å². The van der Waals surface area contributed by atoms with Crippen molar-refractivity contribution in [3.05, 3.63) is 40.4 Å². The van der Waals surface area contributed by atoms with Gasteiger partial charge in [0.15, 0.2) is 33.5 Å². The zero-order valence-corrected chi connectivity index (χ0v) is 25.4. The monoisotopic (exact) mass is 600 g/mol. The summed E-state index contributed by atoms with van der Waals surface area (Å²) in [6, 6.07) is 5.53. The molecular formula is C28H39ClN9O4+. The van der Waals surface area contributed by atoms with E-state index in [1.807, 2.05) is 51.3 Å². The van der Waals surface area contributed by atoms with Crippen LogP contribution in [0.15, 0.2) is 18.2 Å². The Kier molecular flexibility index (Phi) is 9.09. The average molecular weight is 601 g/mol. The molecule has 13 nitrogen and oxygen atoms in total. The smallest absolute Gasteiger partial charge is 0.410 e. The molecule has 0 spiro atoms. The maximum atomic E-state index is 13.6. The van der Waals surface area contributed by atoms with Gasteiger partial charge in [0.25, 0.3) is 17.6 Å². The van der Waals surface area contributed by atoms with Crippen molar-refractivity contribution in [2.45, 2.75) is 78.7 Å². The molecule has 3 heterocycles. The third kappa shape index (κ3) is 6.51. The van der Waals surface area contributed by atoms with Crippen molar-refractivity contribution in [1.29, 1.82) is 0 Å². The molecule has 1 fully saturated rings. The van der Waals surface area contributed by atoms with Crippen molar-refractivity contribution in [3.8, 4) is 0 Å². The second-order valence-corrected chi connectivity index (χ2v) is 11.5. The Hall–Kier alpha value is -4.13. The van der Waals surface area contributed by atoms with E-state index in [1.54, 1.807) is 11.0 Å². The summed E-state index contributed by atoms with van der Waals surface area (Å²) in [7, 11) is 0. The number of benzene rings is 1. The van der Waals surface area contributed by atoms with Crippen LogP contribution in [-0.4, -0.2) is 62.1 Å². The molecule has 1 saturated heterocycles. The van der Waals surface area contributed by atoms with E-state index in [0.29, 0.717) is 44.6 Å². The molecule has 0 atom stereocenters. The Morgan fingerprint density at radius 3 is 2.40 bits per heavy atom. The van der Waals surface area contributed by atoms with Gasteiger partial charge in [-0.25, -0.2) is 23.9 Å². The fourth-order valence-electron chi connectivity index (χ4n) is 5.16. The van der Waals surface area contributed by atoms with Crippen LogP contribution in [0, 0.1) is 0 Å². The lowest BCUT2D eigenvalue weighted by atomic mass is 10.0. The van der Waals surface area contributed by atoms with Gasteiger partial charge in [-0.05, 0) is 59.6 Å². The van der Waals surface area contributed by atoms with Crippen LogP contribution < -0.4 is 26.7 Å². The second kappa shape index (κ2) is 12.4. The quantitative estimate of drug-likeness (QED) is 0.299. The Morgan fingerprint density at radius 2 is 1.79 bits per heavy atom. The number of nitrogens with two attached hydrogens (primary N) is 2. The molecule has 6 N–H and O–H groups in total. The maximum absolute atomic E-state index is 13.6. The first-order valence-electron chi connectivity index (χ1n) is 14.0. The number of ether oxygens (including phenoxy) is 1. The number of halogens is 1. The number of nitrogen functional groups attached to an aromatic ring is 2.